The lowest BCUT2D eigenvalue weighted by Crippen LogP contribution is -2.31. The van der Waals surface area contributed by atoms with Gasteiger partial charge in [0.2, 0.25) is 0 Å². The fourth-order valence-electron chi connectivity index (χ4n) is 2.01. The maximum absolute atomic E-state index is 13.7. The van der Waals surface area contributed by atoms with Crippen molar-refractivity contribution in [1.82, 2.24) is 5.48 Å². The molecule has 27 heavy (non-hydrogen) atoms. The molecular weight excluding hydrogens is 493 g/mol. The Bertz CT molecular complexity index is 836. The molecule has 0 aliphatic heterocycles. The molecule has 0 aromatic heterocycles. The summed E-state index contributed by atoms with van der Waals surface area (Å²) in [5.41, 5.74) is 2.38. The molecule has 0 aliphatic carbocycles. The van der Waals surface area contributed by atoms with Crippen molar-refractivity contribution < 1.29 is 23.5 Å². The average molecular weight is 511 g/mol. The Hall–Kier alpha value is -1.49. The Labute approximate surface area is 174 Å². The van der Waals surface area contributed by atoms with E-state index in [1.165, 1.54) is 0 Å². The molecule has 3 N–H and O–H groups in total. The van der Waals surface area contributed by atoms with Gasteiger partial charge in [-0.25, -0.2) is 14.3 Å². The predicted octanol–water partition coefficient (Wildman–Crippen LogP) is 4.64. The van der Waals surface area contributed by atoms with E-state index in [9.17, 15) is 18.7 Å². The fourth-order valence-corrected chi connectivity index (χ4v) is 2.92. The van der Waals surface area contributed by atoms with E-state index in [4.69, 9.17) is 16.4 Å². The molecule has 146 valence electrons. The van der Waals surface area contributed by atoms with Gasteiger partial charge in [0, 0.05) is 9.64 Å². The van der Waals surface area contributed by atoms with Crippen molar-refractivity contribution in [3.63, 3.8) is 0 Å². The molecule has 5 nitrogen and oxygen atoms in total. The summed E-state index contributed by atoms with van der Waals surface area (Å²) >= 11 is 8.22. The van der Waals surface area contributed by atoms with E-state index >= 15 is 0 Å². The van der Waals surface area contributed by atoms with Crippen LogP contribution in [-0.4, -0.2) is 23.7 Å². The highest BCUT2D eigenvalue weighted by molar-refractivity contribution is 14.1. The lowest BCUT2D eigenvalue weighted by atomic mass is 10.1. The highest BCUT2D eigenvalue weighted by Gasteiger charge is 2.18. The van der Waals surface area contributed by atoms with Crippen LogP contribution in [0.4, 0.5) is 20.2 Å². The Balaban J connectivity index is 2.22. The zero-order valence-corrected chi connectivity index (χ0v) is 17.4. The number of aliphatic hydroxyl groups is 1. The van der Waals surface area contributed by atoms with Crippen LogP contribution in [0.5, 0.6) is 0 Å². The molecule has 1 atom stereocenters. The second kappa shape index (κ2) is 9.63. The normalized spacial score (nSPS) is 12.1. The Kier molecular flexibility index (Phi) is 7.78. The predicted molar refractivity (Wildman–Crippen MR) is 108 cm³/mol. The molecule has 2 aromatic rings. The van der Waals surface area contributed by atoms with Gasteiger partial charge in [0.25, 0.3) is 5.91 Å². The number of hydrogen-bond acceptors (Lipinski definition) is 4. The second-order valence-electron chi connectivity index (χ2n) is 6.11. The van der Waals surface area contributed by atoms with Crippen LogP contribution in [0.15, 0.2) is 30.3 Å². The minimum absolute atomic E-state index is 0.0162. The Morgan fingerprint density at radius 3 is 2.52 bits per heavy atom. The quantitative estimate of drug-likeness (QED) is 0.375. The molecule has 1 unspecified atom stereocenters. The molecule has 0 spiro atoms. The first-order valence-electron chi connectivity index (χ1n) is 8.00. The highest BCUT2D eigenvalue weighted by Crippen LogP contribution is 2.30. The summed E-state index contributed by atoms with van der Waals surface area (Å²) in [5, 5.41) is 12.9. The van der Waals surface area contributed by atoms with Crippen molar-refractivity contribution in [1.29, 1.82) is 0 Å². The number of amides is 1. The van der Waals surface area contributed by atoms with E-state index < -0.39 is 23.6 Å². The van der Waals surface area contributed by atoms with Crippen molar-refractivity contribution in [2.24, 2.45) is 5.92 Å². The molecule has 0 radical (unpaired) electrons. The van der Waals surface area contributed by atoms with Crippen LogP contribution in [0, 0.1) is 21.1 Å². The summed E-state index contributed by atoms with van der Waals surface area (Å²) in [5.74, 6) is -3.16. The van der Waals surface area contributed by atoms with Crippen molar-refractivity contribution in [3.05, 3.63) is 56.1 Å². The number of carbonyl (C=O) groups excluding carboxylic acids is 1. The van der Waals surface area contributed by atoms with Gasteiger partial charge < -0.3 is 10.4 Å². The van der Waals surface area contributed by atoms with Gasteiger partial charge in [0.15, 0.2) is 11.6 Å². The number of hydrogen-bond donors (Lipinski definition) is 3. The highest BCUT2D eigenvalue weighted by atomic mass is 127. The number of rotatable bonds is 7. The number of carbonyl (C=O) groups is 1. The van der Waals surface area contributed by atoms with Crippen LogP contribution in [0.2, 0.25) is 5.02 Å². The SMILES string of the molecule is CC(C)C(O)CONC(=O)c1cc(F)c(F)cc1Nc1ccc(I)cc1Cl. The van der Waals surface area contributed by atoms with E-state index in [1.54, 1.807) is 32.0 Å². The topological polar surface area (TPSA) is 70.6 Å². The van der Waals surface area contributed by atoms with E-state index in [2.05, 4.69) is 33.4 Å². The van der Waals surface area contributed by atoms with Gasteiger partial charge in [-0.1, -0.05) is 25.4 Å². The molecule has 0 heterocycles. The number of halogens is 4. The number of nitrogens with one attached hydrogen (secondary N) is 2. The largest absolute Gasteiger partial charge is 0.390 e. The van der Waals surface area contributed by atoms with Crippen LogP contribution in [-0.2, 0) is 4.84 Å². The van der Waals surface area contributed by atoms with Crippen molar-refractivity contribution in [3.8, 4) is 0 Å². The molecule has 0 aliphatic rings. The molecule has 9 heteroatoms. The van der Waals surface area contributed by atoms with Gasteiger partial charge in [-0.2, -0.15) is 0 Å². The number of benzene rings is 2. The first kappa shape index (κ1) is 21.8. The lowest BCUT2D eigenvalue weighted by Gasteiger charge is -2.16. The van der Waals surface area contributed by atoms with Crippen LogP contribution >= 0.6 is 34.2 Å². The van der Waals surface area contributed by atoms with E-state index in [0.717, 1.165) is 15.7 Å². The fraction of sp³-hybridized carbons (Fsp3) is 0.278. The monoisotopic (exact) mass is 510 g/mol. The molecular formula is C18H18ClF2IN2O3. The van der Waals surface area contributed by atoms with Crippen LogP contribution in [0.3, 0.4) is 0 Å². The summed E-state index contributed by atoms with van der Waals surface area (Å²) in [6.45, 7) is 3.44. The van der Waals surface area contributed by atoms with Crippen LogP contribution in [0.1, 0.15) is 24.2 Å². The Morgan fingerprint density at radius 2 is 1.89 bits per heavy atom. The van der Waals surface area contributed by atoms with Gasteiger partial charge in [-0.15, -0.1) is 0 Å². The minimum atomic E-state index is -1.18. The molecule has 0 bridgehead atoms. The van der Waals surface area contributed by atoms with Gasteiger partial charge in [0.1, 0.15) is 6.61 Å². The number of aliphatic hydroxyl groups excluding tert-OH is 1. The smallest absolute Gasteiger partial charge is 0.277 e. The summed E-state index contributed by atoms with van der Waals surface area (Å²) in [6.07, 6.45) is -0.779. The molecule has 2 aromatic carbocycles. The number of hydroxylamine groups is 1. The minimum Gasteiger partial charge on any atom is -0.390 e. The third kappa shape index (κ3) is 6.00. The molecule has 0 saturated carbocycles. The van der Waals surface area contributed by atoms with Crippen molar-refractivity contribution >= 4 is 51.5 Å². The maximum Gasteiger partial charge on any atom is 0.277 e. The first-order valence-corrected chi connectivity index (χ1v) is 9.46. The van der Waals surface area contributed by atoms with Gasteiger partial charge in [-0.05, 0) is 52.8 Å². The molecule has 0 fully saturated rings. The summed E-state index contributed by atoms with van der Waals surface area (Å²) < 4.78 is 28.2. The second-order valence-corrected chi connectivity index (χ2v) is 7.77. The average Bonchev–Trinajstić information content (AvgIpc) is 2.59. The summed E-state index contributed by atoms with van der Waals surface area (Å²) in [6, 6.07) is 6.73. The van der Waals surface area contributed by atoms with E-state index in [0.29, 0.717) is 10.7 Å². The Morgan fingerprint density at radius 1 is 1.22 bits per heavy atom. The van der Waals surface area contributed by atoms with Gasteiger partial charge >= 0.3 is 0 Å². The van der Waals surface area contributed by atoms with Crippen LogP contribution < -0.4 is 10.8 Å². The lowest BCUT2D eigenvalue weighted by molar-refractivity contribution is -0.0268. The maximum atomic E-state index is 13.7. The van der Waals surface area contributed by atoms with Crippen LogP contribution in [0.25, 0.3) is 0 Å². The zero-order valence-electron chi connectivity index (χ0n) is 14.5. The standard InChI is InChI=1S/C18H18ClF2IN2O3/c1-9(2)17(25)8-27-24-18(26)11-6-13(20)14(21)7-16(11)23-15-4-3-10(22)5-12(15)19/h3-7,9,17,23,25H,8H2,1-2H3,(H,24,26). The zero-order chi connectivity index (χ0) is 20.1. The van der Waals surface area contributed by atoms with E-state index in [1.807, 2.05) is 0 Å². The molecule has 0 saturated heterocycles. The number of anilines is 2. The first-order chi connectivity index (χ1) is 12.7. The van der Waals surface area contributed by atoms with Crippen molar-refractivity contribution in [2.75, 3.05) is 11.9 Å². The third-order valence-electron chi connectivity index (χ3n) is 3.69. The third-order valence-corrected chi connectivity index (χ3v) is 4.68. The molecule has 1 amide bonds. The summed E-state index contributed by atoms with van der Waals surface area (Å²) in [4.78, 5) is 17.3. The summed E-state index contributed by atoms with van der Waals surface area (Å²) in [7, 11) is 0. The van der Waals surface area contributed by atoms with Crippen molar-refractivity contribution in [2.45, 2.75) is 20.0 Å². The van der Waals surface area contributed by atoms with E-state index in [-0.39, 0.29) is 23.8 Å². The molecule has 2 rings (SSSR count). The van der Waals surface area contributed by atoms with Gasteiger partial charge in [-0.3, -0.25) is 9.63 Å². The van der Waals surface area contributed by atoms with Gasteiger partial charge in [0.05, 0.1) is 28.1 Å².